The minimum atomic E-state index is -0.389. The summed E-state index contributed by atoms with van der Waals surface area (Å²) in [6.07, 6.45) is 0. The van der Waals surface area contributed by atoms with E-state index in [0.717, 1.165) is 22.2 Å². The van der Waals surface area contributed by atoms with E-state index >= 15 is 0 Å². The third-order valence-electron chi connectivity index (χ3n) is 3.10. The van der Waals surface area contributed by atoms with Crippen molar-refractivity contribution in [2.75, 3.05) is 5.73 Å². The lowest BCUT2D eigenvalue weighted by molar-refractivity contribution is 0.634. The first-order valence-electron chi connectivity index (χ1n) is 5.78. The third kappa shape index (κ3) is 1.74. The smallest absolute Gasteiger partial charge is 0.148 e. The molecule has 1 heterocycles. The number of fused-ring (bicyclic) bond motifs is 1. The van der Waals surface area contributed by atoms with Crippen molar-refractivity contribution in [1.82, 2.24) is 4.98 Å². The Kier molecular flexibility index (Phi) is 2.33. The second-order valence-electron chi connectivity index (χ2n) is 4.51. The van der Waals surface area contributed by atoms with Crippen LogP contribution in [0.2, 0.25) is 0 Å². The minimum Gasteiger partial charge on any atom is -0.396 e. The molecule has 0 aliphatic heterocycles. The lowest BCUT2D eigenvalue weighted by atomic mass is 10.1. The van der Waals surface area contributed by atoms with Crippen LogP contribution in [0.5, 0.6) is 0 Å². The van der Waals surface area contributed by atoms with E-state index in [4.69, 9.17) is 5.73 Å². The van der Waals surface area contributed by atoms with Gasteiger partial charge >= 0.3 is 0 Å². The van der Waals surface area contributed by atoms with E-state index in [2.05, 4.69) is 17.1 Å². The molecule has 0 amide bonds. The zero-order valence-corrected chi connectivity index (χ0v) is 10.00. The average molecular weight is 240 g/mol. The summed E-state index contributed by atoms with van der Waals surface area (Å²) < 4.78 is 13.4. The fourth-order valence-corrected chi connectivity index (χ4v) is 2.06. The Morgan fingerprint density at radius 2 is 1.78 bits per heavy atom. The summed E-state index contributed by atoms with van der Waals surface area (Å²) in [5.41, 5.74) is 9.76. The number of aromatic nitrogens is 1. The van der Waals surface area contributed by atoms with Gasteiger partial charge in [-0.1, -0.05) is 29.8 Å². The van der Waals surface area contributed by atoms with Gasteiger partial charge in [-0.3, -0.25) is 0 Å². The number of aryl methyl sites for hydroxylation is 1. The lowest BCUT2D eigenvalue weighted by Gasteiger charge is -1.98. The summed E-state index contributed by atoms with van der Waals surface area (Å²) in [6.45, 7) is 2.05. The molecule has 90 valence electrons. The molecule has 3 rings (SSSR count). The third-order valence-corrected chi connectivity index (χ3v) is 3.10. The highest BCUT2D eigenvalue weighted by Gasteiger charge is 2.06. The molecular weight excluding hydrogens is 227 g/mol. The normalized spacial score (nSPS) is 11.0. The predicted octanol–water partition coefficient (Wildman–Crippen LogP) is 3.86. The maximum Gasteiger partial charge on any atom is 0.148 e. The Morgan fingerprint density at radius 1 is 1.06 bits per heavy atom. The number of nitrogens with one attached hydrogen (secondary N) is 1. The van der Waals surface area contributed by atoms with E-state index < -0.39 is 0 Å². The highest BCUT2D eigenvalue weighted by molar-refractivity contribution is 5.88. The quantitative estimate of drug-likeness (QED) is 0.623. The number of H-pyrrole nitrogens is 1. The van der Waals surface area contributed by atoms with Gasteiger partial charge in [0, 0.05) is 22.7 Å². The Morgan fingerprint density at radius 3 is 2.50 bits per heavy atom. The second-order valence-corrected chi connectivity index (χ2v) is 4.51. The van der Waals surface area contributed by atoms with E-state index in [0.29, 0.717) is 0 Å². The van der Waals surface area contributed by atoms with Crippen LogP contribution in [0.3, 0.4) is 0 Å². The van der Waals surface area contributed by atoms with Gasteiger partial charge < -0.3 is 10.7 Å². The van der Waals surface area contributed by atoms with Crippen molar-refractivity contribution in [2.45, 2.75) is 6.92 Å². The lowest BCUT2D eigenvalue weighted by Crippen LogP contribution is -1.88. The van der Waals surface area contributed by atoms with Crippen molar-refractivity contribution in [3.63, 3.8) is 0 Å². The van der Waals surface area contributed by atoms with Gasteiger partial charge in [-0.25, -0.2) is 4.39 Å². The van der Waals surface area contributed by atoms with Crippen LogP contribution in [0, 0.1) is 12.7 Å². The number of halogens is 1. The molecule has 3 aromatic rings. The van der Waals surface area contributed by atoms with Crippen molar-refractivity contribution in [3.05, 3.63) is 53.8 Å². The fourth-order valence-electron chi connectivity index (χ4n) is 2.06. The number of rotatable bonds is 1. The van der Waals surface area contributed by atoms with E-state index in [-0.39, 0.29) is 11.5 Å². The Hall–Kier alpha value is -2.29. The summed E-state index contributed by atoms with van der Waals surface area (Å²) in [4.78, 5) is 3.20. The molecule has 0 aliphatic rings. The number of hydrogen-bond donors (Lipinski definition) is 2. The van der Waals surface area contributed by atoms with Crippen LogP contribution < -0.4 is 5.73 Å². The minimum absolute atomic E-state index is 0.178. The summed E-state index contributed by atoms with van der Waals surface area (Å²) in [7, 11) is 0. The molecule has 3 heteroatoms. The molecular formula is C15H13FN2. The molecule has 0 saturated carbocycles. The van der Waals surface area contributed by atoms with Crippen LogP contribution in [0.4, 0.5) is 10.1 Å². The van der Waals surface area contributed by atoms with Crippen LogP contribution in [0.25, 0.3) is 22.2 Å². The summed E-state index contributed by atoms with van der Waals surface area (Å²) in [5, 5.41) is 0.921. The number of nitrogens with two attached hydrogens (primary N) is 1. The van der Waals surface area contributed by atoms with Gasteiger partial charge in [-0.15, -0.1) is 0 Å². The predicted molar refractivity (Wildman–Crippen MR) is 72.8 cm³/mol. The van der Waals surface area contributed by atoms with Gasteiger partial charge in [0.25, 0.3) is 0 Å². The van der Waals surface area contributed by atoms with Crippen LogP contribution in [-0.4, -0.2) is 4.98 Å². The van der Waals surface area contributed by atoms with Crippen molar-refractivity contribution in [3.8, 4) is 11.3 Å². The van der Waals surface area contributed by atoms with Gasteiger partial charge in [0.15, 0.2) is 0 Å². The Labute approximate surface area is 104 Å². The largest absolute Gasteiger partial charge is 0.396 e. The van der Waals surface area contributed by atoms with Gasteiger partial charge in [0.2, 0.25) is 0 Å². The number of benzene rings is 2. The Balaban J connectivity index is 2.16. The van der Waals surface area contributed by atoms with Crippen LogP contribution >= 0.6 is 0 Å². The van der Waals surface area contributed by atoms with Crippen molar-refractivity contribution in [2.24, 2.45) is 0 Å². The van der Waals surface area contributed by atoms with Crippen LogP contribution in [-0.2, 0) is 0 Å². The molecule has 0 spiro atoms. The molecule has 0 aliphatic carbocycles. The first kappa shape index (κ1) is 10.8. The fraction of sp³-hybridized carbons (Fsp3) is 0.0667. The van der Waals surface area contributed by atoms with E-state index in [1.165, 1.54) is 11.6 Å². The highest BCUT2D eigenvalue weighted by Crippen LogP contribution is 2.27. The van der Waals surface area contributed by atoms with E-state index in [9.17, 15) is 4.39 Å². The number of aromatic amines is 1. The average Bonchev–Trinajstić information content (AvgIpc) is 2.73. The van der Waals surface area contributed by atoms with Crippen molar-refractivity contribution >= 4 is 16.6 Å². The zero-order valence-electron chi connectivity index (χ0n) is 10.00. The van der Waals surface area contributed by atoms with Gasteiger partial charge in [0.05, 0.1) is 5.69 Å². The molecule has 0 atom stereocenters. The zero-order chi connectivity index (χ0) is 12.7. The maximum atomic E-state index is 13.4. The topological polar surface area (TPSA) is 41.8 Å². The van der Waals surface area contributed by atoms with Gasteiger partial charge in [0.1, 0.15) is 5.82 Å². The molecule has 1 aromatic heterocycles. The molecule has 0 saturated heterocycles. The van der Waals surface area contributed by atoms with Crippen molar-refractivity contribution < 1.29 is 4.39 Å². The molecule has 0 bridgehead atoms. The summed E-state index contributed by atoms with van der Waals surface area (Å²) in [5.74, 6) is -0.389. The molecule has 2 nitrogen and oxygen atoms in total. The van der Waals surface area contributed by atoms with Crippen LogP contribution in [0.1, 0.15) is 5.56 Å². The highest BCUT2D eigenvalue weighted by atomic mass is 19.1. The Bertz CT molecular complexity index is 672. The molecule has 2 aromatic carbocycles. The van der Waals surface area contributed by atoms with Gasteiger partial charge in [-0.2, -0.15) is 0 Å². The standard InChI is InChI=1S/C15H13FN2/c1-9-2-4-10(5-3-9)14-7-11-6-13(17)12(16)8-15(11)18-14/h2-8,18H,17H2,1H3. The monoisotopic (exact) mass is 240 g/mol. The molecule has 18 heavy (non-hydrogen) atoms. The summed E-state index contributed by atoms with van der Waals surface area (Å²) in [6, 6.07) is 13.3. The number of nitrogen functional groups attached to an aromatic ring is 1. The number of hydrogen-bond acceptors (Lipinski definition) is 1. The van der Waals surface area contributed by atoms with Crippen LogP contribution in [0.15, 0.2) is 42.5 Å². The first-order chi connectivity index (χ1) is 8.63. The second kappa shape index (κ2) is 3.88. The SMILES string of the molecule is Cc1ccc(-c2cc3cc(N)c(F)cc3[nH]2)cc1. The number of anilines is 1. The molecule has 0 fully saturated rings. The summed E-state index contributed by atoms with van der Waals surface area (Å²) >= 11 is 0. The molecule has 0 unspecified atom stereocenters. The van der Waals surface area contributed by atoms with E-state index in [1.54, 1.807) is 6.07 Å². The van der Waals surface area contributed by atoms with Gasteiger partial charge in [-0.05, 0) is 24.6 Å². The van der Waals surface area contributed by atoms with E-state index in [1.807, 2.05) is 25.1 Å². The first-order valence-corrected chi connectivity index (χ1v) is 5.78. The van der Waals surface area contributed by atoms with Crippen molar-refractivity contribution in [1.29, 1.82) is 0 Å². The molecule has 0 radical (unpaired) electrons. The molecule has 3 N–H and O–H groups in total. The maximum absolute atomic E-state index is 13.4.